The molecule has 0 radical (unpaired) electrons. The molecule has 118 valence electrons. The molecule has 4 nitrogen and oxygen atoms in total. The van der Waals surface area contributed by atoms with E-state index in [1.165, 1.54) is 10.5 Å². The van der Waals surface area contributed by atoms with Crippen molar-refractivity contribution in [2.45, 2.75) is 13.1 Å². The molecule has 3 aromatic rings. The number of nitrogens with zero attached hydrogens (tertiary/aromatic N) is 2. The van der Waals surface area contributed by atoms with Gasteiger partial charge in [-0.2, -0.15) is 0 Å². The van der Waals surface area contributed by atoms with Gasteiger partial charge in [0, 0.05) is 20.6 Å². The maximum Gasteiger partial charge on any atom is 0.271 e. The highest BCUT2D eigenvalue weighted by Crippen LogP contribution is 2.19. The highest BCUT2D eigenvalue weighted by Gasteiger charge is 2.13. The molecule has 0 aliphatic heterocycles. The van der Waals surface area contributed by atoms with Crippen LogP contribution in [0.5, 0.6) is 0 Å². The molecule has 0 saturated carbocycles. The predicted octanol–water partition coefficient (Wildman–Crippen LogP) is 3.37. The first-order chi connectivity index (χ1) is 11.1. The third-order valence-corrected chi connectivity index (χ3v) is 4.21. The van der Waals surface area contributed by atoms with Crippen molar-refractivity contribution in [3.63, 3.8) is 0 Å². The van der Waals surface area contributed by atoms with E-state index in [4.69, 9.17) is 16.0 Å². The Balaban J connectivity index is 1.64. The summed E-state index contributed by atoms with van der Waals surface area (Å²) < 4.78 is 6.83. The standard InChI is InChI=1S/C17H15BrClN3O/c1-22(10-12-2-6-14(18)7-3-12)11-16-20-21-17(23-16)13-4-8-15(19)9-5-13/h2-9H,10-11H2,1H3/p+1. The lowest BCUT2D eigenvalue weighted by Gasteiger charge is -2.11. The van der Waals surface area contributed by atoms with Gasteiger partial charge in [-0.05, 0) is 36.4 Å². The minimum absolute atomic E-state index is 0.521. The molecule has 6 heteroatoms. The Hall–Kier alpha value is -1.69. The minimum Gasteiger partial charge on any atom is -0.415 e. The predicted molar refractivity (Wildman–Crippen MR) is 93.2 cm³/mol. The SMILES string of the molecule is C[NH+](Cc1ccc(Br)cc1)Cc1nnc(-c2ccc(Cl)cc2)o1. The van der Waals surface area contributed by atoms with E-state index in [0.29, 0.717) is 23.3 Å². The van der Waals surface area contributed by atoms with Gasteiger partial charge in [0.05, 0.1) is 7.05 Å². The summed E-state index contributed by atoms with van der Waals surface area (Å²) in [6, 6.07) is 15.7. The van der Waals surface area contributed by atoms with E-state index in [9.17, 15) is 0 Å². The topological polar surface area (TPSA) is 43.4 Å². The summed E-state index contributed by atoms with van der Waals surface area (Å²) in [7, 11) is 2.11. The van der Waals surface area contributed by atoms with Gasteiger partial charge in [0.25, 0.3) is 5.89 Å². The molecule has 1 heterocycles. The summed E-state index contributed by atoms with van der Waals surface area (Å²) in [6.45, 7) is 1.57. The van der Waals surface area contributed by atoms with E-state index in [1.807, 2.05) is 36.4 Å². The average molecular weight is 394 g/mol. The summed E-state index contributed by atoms with van der Waals surface area (Å²) in [4.78, 5) is 1.28. The lowest BCUT2D eigenvalue weighted by Crippen LogP contribution is -3.06. The molecular weight excluding hydrogens is 378 g/mol. The number of benzene rings is 2. The number of hydrogen-bond donors (Lipinski definition) is 1. The van der Waals surface area contributed by atoms with Crippen LogP contribution in [0, 0.1) is 0 Å². The van der Waals surface area contributed by atoms with E-state index >= 15 is 0 Å². The number of hydrogen-bond acceptors (Lipinski definition) is 3. The smallest absolute Gasteiger partial charge is 0.271 e. The van der Waals surface area contributed by atoms with Gasteiger partial charge < -0.3 is 9.32 Å². The Labute approximate surface area is 148 Å². The van der Waals surface area contributed by atoms with Crippen molar-refractivity contribution in [3.8, 4) is 11.5 Å². The molecule has 0 bridgehead atoms. The van der Waals surface area contributed by atoms with Crippen molar-refractivity contribution in [2.24, 2.45) is 0 Å². The van der Waals surface area contributed by atoms with Crippen LogP contribution in [-0.2, 0) is 13.1 Å². The molecule has 23 heavy (non-hydrogen) atoms. The van der Waals surface area contributed by atoms with Crippen molar-refractivity contribution in [1.29, 1.82) is 0 Å². The summed E-state index contributed by atoms with van der Waals surface area (Å²) in [5, 5.41) is 8.93. The zero-order valence-electron chi connectivity index (χ0n) is 12.6. The number of rotatable bonds is 5. The van der Waals surface area contributed by atoms with Crippen LogP contribution in [0.3, 0.4) is 0 Å². The van der Waals surface area contributed by atoms with Crippen LogP contribution in [0.1, 0.15) is 11.5 Å². The number of halogens is 2. The van der Waals surface area contributed by atoms with Crippen molar-refractivity contribution in [2.75, 3.05) is 7.05 Å². The average Bonchev–Trinajstić information content (AvgIpc) is 2.98. The lowest BCUT2D eigenvalue weighted by atomic mass is 10.2. The molecule has 1 N–H and O–H groups in total. The first-order valence-electron chi connectivity index (χ1n) is 7.24. The molecule has 0 aliphatic rings. The normalized spacial score (nSPS) is 12.3. The maximum absolute atomic E-state index is 5.89. The Kier molecular flexibility index (Phi) is 5.10. The van der Waals surface area contributed by atoms with Crippen LogP contribution < -0.4 is 4.90 Å². The maximum atomic E-state index is 5.89. The van der Waals surface area contributed by atoms with Gasteiger partial charge in [0.2, 0.25) is 5.89 Å². The fraction of sp³-hybridized carbons (Fsp3) is 0.176. The summed E-state index contributed by atoms with van der Waals surface area (Å²) >= 11 is 9.33. The van der Waals surface area contributed by atoms with Gasteiger partial charge >= 0.3 is 0 Å². The van der Waals surface area contributed by atoms with Gasteiger partial charge in [-0.15, -0.1) is 10.2 Å². The number of aromatic nitrogens is 2. The van der Waals surface area contributed by atoms with E-state index in [0.717, 1.165) is 16.6 Å². The highest BCUT2D eigenvalue weighted by molar-refractivity contribution is 9.10. The van der Waals surface area contributed by atoms with Gasteiger partial charge in [-0.25, -0.2) is 0 Å². The van der Waals surface area contributed by atoms with Crippen LogP contribution in [0.15, 0.2) is 57.4 Å². The zero-order valence-corrected chi connectivity index (χ0v) is 14.9. The number of quaternary nitrogens is 1. The van der Waals surface area contributed by atoms with Gasteiger partial charge in [-0.1, -0.05) is 39.7 Å². The molecule has 0 saturated heterocycles. The Morgan fingerprint density at radius 2 is 1.70 bits per heavy atom. The molecule has 0 fully saturated rings. The fourth-order valence-electron chi connectivity index (χ4n) is 2.31. The molecular formula is C17H16BrClN3O+. The van der Waals surface area contributed by atoms with Crippen molar-refractivity contribution >= 4 is 27.5 Å². The van der Waals surface area contributed by atoms with Crippen LogP contribution in [0.2, 0.25) is 5.02 Å². The highest BCUT2D eigenvalue weighted by atomic mass is 79.9. The van der Waals surface area contributed by atoms with Gasteiger partial charge in [-0.3, -0.25) is 0 Å². The number of nitrogens with one attached hydrogen (secondary N) is 1. The Bertz CT molecular complexity index is 771. The quantitative estimate of drug-likeness (QED) is 0.723. The molecule has 1 aromatic heterocycles. The molecule has 0 spiro atoms. The Morgan fingerprint density at radius 3 is 2.39 bits per heavy atom. The summed E-state index contributed by atoms with van der Waals surface area (Å²) in [5.41, 5.74) is 2.14. The van der Waals surface area contributed by atoms with Gasteiger partial charge in [0.1, 0.15) is 6.54 Å². The third kappa shape index (κ3) is 4.41. The van der Waals surface area contributed by atoms with Crippen LogP contribution in [0.25, 0.3) is 11.5 Å². The van der Waals surface area contributed by atoms with Crippen molar-refractivity contribution in [1.82, 2.24) is 10.2 Å². The largest absolute Gasteiger partial charge is 0.415 e. The molecule has 2 aromatic carbocycles. The monoisotopic (exact) mass is 392 g/mol. The molecule has 1 unspecified atom stereocenters. The van der Waals surface area contributed by atoms with Gasteiger partial charge in [0.15, 0.2) is 6.54 Å². The van der Waals surface area contributed by atoms with Crippen molar-refractivity contribution in [3.05, 3.63) is 69.5 Å². The van der Waals surface area contributed by atoms with Crippen LogP contribution >= 0.6 is 27.5 Å². The van der Waals surface area contributed by atoms with E-state index in [-0.39, 0.29) is 0 Å². The second kappa shape index (κ2) is 7.25. The molecule has 0 amide bonds. The molecule has 1 atom stereocenters. The van der Waals surface area contributed by atoms with E-state index in [1.54, 1.807) is 0 Å². The lowest BCUT2D eigenvalue weighted by molar-refractivity contribution is -0.909. The first-order valence-corrected chi connectivity index (χ1v) is 8.41. The van der Waals surface area contributed by atoms with E-state index in [2.05, 4.69) is 45.3 Å². The fourth-order valence-corrected chi connectivity index (χ4v) is 2.70. The Morgan fingerprint density at radius 1 is 1.00 bits per heavy atom. The summed E-state index contributed by atoms with van der Waals surface area (Å²) in [5.74, 6) is 1.15. The zero-order chi connectivity index (χ0) is 16.2. The molecule has 3 rings (SSSR count). The third-order valence-electron chi connectivity index (χ3n) is 3.43. The minimum atomic E-state index is 0.521. The first kappa shape index (κ1) is 16.2. The van der Waals surface area contributed by atoms with Crippen molar-refractivity contribution < 1.29 is 9.32 Å². The van der Waals surface area contributed by atoms with E-state index < -0.39 is 0 Å². The second-order valence-electron chi connectivity index (χ2n) is 5.44. The molecule has 0 aliphatic carbocycles. The van der Waals surface area contributed by atoms with Crippen LogP contribution in [-0.4, -0.2) is 17.2 Å². The summed E-state index contributed by atoms with van der Waals surface area (Å²) in [6.07, 6.45) is 0. The van der Waals surface area contributed by atoms with Crippen LogP contribution in [0.4, 0.5) is 0 Å². The second-order valence-corrected chi connectivity index (χ2v) is 6.80.